The first kappa shape index (κ1) is 16.5. The van der Waals surface area contributed by atoms with E-state index in [2.05, 4.69) is 48.2 Å². The lowest BCUT2D eigenvalue weighted by Crippen LogP contribution is -2.52. The molecule has 2 atom stereocenters. The Balaban J connectivity index is 1.48. The summed E-state index contributed by atoms with van der Waals surface area (Å²) in [5, 5.41) is 4.45. The molecule has 1 saturated heterocycles. The number of amidine groups is 1. The Labute approximate surface area is 159 Å². The molecule has 0 bridgehead atoms. The van der Waals surface area contributed by atoms with Crippen LogP contribution >= 0.6 is 0 Å². The highest BCUT2D eigenvalue weighted by molar-refractivity contribution is 5.97. The van der Waals surface area contributed by atoms with Crippen molar-refractivity contribution in [2.45, 2.75) is 38.8 Å². The number of halogens is 1. The molecule has 0 saturated carbocycles. The first-order valence-corrected chi connectivity index (χ1v) is 9.66. The van der Waals surface area contributed by atoms with E-state index in [0.717, 1.165) is 48.3 Å². The molecule has 0 N–H and O–H groups in total. The fraction of sp³-hybridized carbons (Fsp3) is 0.348. The third kappa shape index (κ3) is 2.43. The van der Waals surface area contributed by atoms with Crippen molar-refractivity contribution in [3.63, 3.8) is 0 Å². The maximum atomic E-state index is 13.7. The summed E-state index contributed by atoms with van der Waals surface area (Å²) in [6.07, 6.45) is 7.17. The first-order valence-electron chi connectivity index (χ1n) is 9.66. The number of hydrogen-bond acceptors (Lipinski definition) is 3. The Morgan fingerprint density at radius 2 is 2.04 bits per heavy atom. The van der Waals surface area contributed by atoms with Crippen molar-refractivity contribution in [1.29, 1.82) is 0 Å². The van der Waals surface area contributed by atoms with Gasteiger partial charge in [0.1, 0.15) is 5.82 Å². The Morgan fingerprint density at radius 3 is 2.89 bits per heavy atom. The molecule has 138 valence electrons. The maximum Gasteiger partial charge on any atom is 0.240 e. The highest BCUT2D eigenvalue weighted by Gasteiger charge is 2.58. The minimum atomic E-state index is -0.551. The Hall–Kier alpha value is -2.62. The molecule has 2 aromatic carbocycles. The first-order chi connectivity index (χ1) is 13.1. The highest BCUT2D eigenvalue weighted by atomic mass is 19.1. The van der Waals surface area contributed by atoms with Crippen LogP contribution in [-0.4, -0.2) is 17.3 Å². The molecule has 0 radical (unpaired) electrons. The number of fused-ring (bicyclic) bond motifs is 1. The zero-order chi connectivity index (χ0) is 18.6. The molecule has 0 amide bonds. The van der Waals surface area contributed by atoms with Crippen molar-refractivity contribution in [3.05, 3.63) is 76.1 Å². The molecule has 1 spiro atoms. The van der Waals surface area contributed by atoms with Crippen LogP contribution in [0.25, 0.3) is 6.08 Å². The van der Waals surface area contributed by atoms with Gasteiger partial charge in [-0.3, -0.25) is 0 Å². The van der Waals surface area contributed by atoms with E-state index in [0.29, 0.717) is 5.92 Å². The minimum Gasteiger partial charge on any atom is -0.360 e. The molecule has 0 unspecified atom stereocenters. The van der Waals surface area contributed by atoms with Crippen molar-refractivity contribution in [2.24, 2.45) is 11.1 Å². The van der Waals surface area contributed by atoms with Gasteiger partial charge in [-0.1, -0.05) is 29.4 Å². The lowest BCUT2D eigenvalue weighted by molar-refractivity contribution is -0.155. The number of aryl methyl sites for hydroxylation is 2. The second-order valence-corrected chi connectivity index (χ2v) is 7.91. The van der Waals surface area contributed by atoms with Crippen LogP contribution in [0.1, 0.15) is 40.7 Å². The van der Waals surface area contributed by atoms with Gasteiger partial charge >= 0.3 is 0 Å². The van der Waals surface area contributed by atoms with Crippen LogP contribution in [0.5, 0.6) is 0 Å². The van der Waals surface area contributed by atoms with Gasteiger partial charge in [0.2, 0.25) is 5.72 Å². The minimum absolute atomic E-state index is 0.177. The van der Waals surface area contributed by atoms with E-state index in [4.69, 9.17) is 4.84 Å². The summed E-state index contributed by atoms with van der Waals surface area (Å²) >= 11 is 0. The van der Waals surface area contributed by atoms with Crippen LogP contribution in [0.15, 0.2) is 47.6 Å². The van der Waals surface area contributed by atoms with Gasteiger partial charge in [-0.05, 0) is 79.6 Å². The Kier molecular flexibility index (Phi) is 3.64. The molecule has 2 heterocycles. The van der Waals surface area contributed by atoms with E-state index in [1.165, 1.54) is 17.2 Å². The van der Waals surface area contributed by atoms with Gasteiger partial charge in [0, 0.05) is 18.0 Å². The zero-order valence-electron chi connectivity index (χ0n) is 15.7. The highest BCUT2D eigenvalue weighted by Crippen LogP contribution is 2.53. The average molecular weight is 362 g/mol. The summed E-state index contributed by atoms with van der Waals surface area (Å²) in [5.41, 5.74) is 5.31. The van der Waals surface area contributed by atoms with Crippen LogP contribution in [0.3, 0.4) is 0 Å². The van der Waals surface area contributed by atoms with Gasteiger partial charge in [-0.2, -0.15) is 0 Å². The van der Waals surface area contributed by atoms with E-state index in [-0.39, 0.29) is 5.82 Å². The molecule has 27 heavy (non-hydrogen) atoms. The van der Waals surface area contributed by atoms with Crippen LogP contribution in [-0.2, 0) is 17.0 Å². The number of hydrogen-bond donors (Lipinski definition) is 0. The monoisotopic (exact) mass is 362 g/mol. The number of rotatable bonds is 2. The molecule has 4 heteroatoms. The largest absolute Gasteiger partial charge is 0.360 e. The van der Waals surface area contributed by atoms with Gasteiger partial charge in [0.25, 0.3) is 0 Å². The zero-order valence-corrected chi connectivity index (χ0v) is 15.7. The van der Waals surface area contributed by atoms with Gasteiger partial charge in [-0.15, -0.1) is 0 Å². The van der Waals surface area contributed by atoms with Gasteiger partial charge < -0.3 is 9.74 Å². The quantitative estimate of drug-likeness (QED) is 0.757. The number of oxime groups is 1. The van der Waals surface area contributed by atoms with E-state index in [1.54, 1.807) is 6.07 Å². The summed E-state index contributed by atoms with van der Waals surface area (Å²) in [7, 11) is 0. The van der Waals surface area contributed by atoms with E-state index >= 15 is 0 Å². The second kappa shape index (κ2) is 5.95. The van der Waals surface area contributed by atoms with Crippen molar-refractivity contribution in [1.82, 2.24) is 4.90 Å². The predicted octanol–water partition coefficient (Wildman–Crippen LogP) is 4.92. The number of piperidine rings is 1. The third-order valence-electron chi connectivity index (χ3n) is 6.32. The van der Waals surface area contributed by atoms with Crippen molar-refractivity contribution < 1.29 is 9.23 Å². The molecule has 1 fully saturated rings. The van der Waals surface area contributed by atoms with E-state index < -0.39 is 5.72 Å². The fourth-order valence-electron chi connectivity index (χ4n) is 4.81. The van der Waals surface area contributed by atoms with Crippen molar-refractivity contribution in [3.8, 4) is 0 Å². The SMILES string of the molecule is Cc1ccc(/C=C/C2=NO[C@@]34c5ccc(F)cc5C[C@@H]3CCCN24)cc1C. The summed E-state index contributed by atoms with van der Waals surface area (Å²) in [6, 6.07) is 11.5. The fourth-order valence-corrected chi connectivity index (χ4v) is 4.81. The normalized spacial score (nSPS) is 25.8. The maximum absolute atomic E-state index is 13.7. The molecular weight excluding hydrogens is 339 g/mol. The Bertz CT molecular complexity index is 980. The average Bonchev–Trinajstić information content (AvgIpc) is 3.18. The van der Waals surface area contributed by atoms with Crippen LogP contribution in [0.4, 0.5) is 4.39 Å². The summed E-state index contributed by atoms with van der Waals surface area (Å²) in [5.74, 6) is 0.999. The summed E-state index contributed by atoms with van der Waals surface area (Å²) in [6.45, 7) is 5.15. The smallest absolute Gasteiger partial charge is 0.240 e. The second-order valence-electron chi connectivity index (χ2n) is 7.91. The van der Waals surface area contributed by atoms with Crippen molar-refractivity contribution in [2.75, 3.05) is 6.54 Å². The molecule has 0 aromatic heterocycles. The number of benzene rings is 2. The molecule has 1 aliphatic carbocycles. The molecule has 3 nitrogen and oxygen atoms in total. The van der Waals surface area contributed by atoms with Crippen LogP contribution in [0.2, 0.25) is 0 Å². The van der Waals surface area contributed by atoms with E-state index in [1.807, 2.05) is 12.1 Å². The molecule has 2 aliphatic heterocycles. The number of nitrogens with zero attached hydrogens (tertiary/aromatic N) is 2. The van der Waals surface area contributed by atoms with Crippen molar-refractivity contribution >= 4 is 11.9 Å². The standard InChI is InChI=1S/C23H23FN2O/c1-15-5-6-17(12-16(15)2)7-10-22-25-27-23-19(4-3-11-26(22)23)13-18-14-20(24)8-9-21(18)23/h5-10,12,14,19H,3-4,11,13H2,1-2H3/b10-7+/t19-,23+/m0/s1. The molecule has 2 aromatic rings. The van der Waals surface area contributed by atoms with E-state index in [9.17, 15) is 4.39 Å². The van der Waals surface area contributed by atoms with Gasteiger partial charge in [-0.25, -0.2) is 4.39 Å². The van der Waals surface area contributed by atoms with Crippen LogP contribution < -0.4 is 0 Å². The topological polar surface area (TPSA) is 24.8 Å². The lowest BCUT2D eigenvalue weighted by atomic mass is 9.86. The predicted molar refractivity (Wildman–Crippen MR) is 105 cm³/mol. The Morgan fingerprint density at radius 1 is 1.15 bits per heavy atom. The van der Waals surface area contributed by atoms with Crippen LogP contribution in [0, 0.1) is 25.6 Å². The molecular formula is C23H23FN2O. The van der Waals surface area contributed by atoms with Gasteiger partial charge in [0.05, 0.1) is 0 Å². The third-order valence-corrected chi connectivity index (χ3v) is 6.32. The summed E-state index contributed by atoms with van der Waals surface area (Å²) < 4.78 is 13.7. The van der Waals surface area contributed by atoms with Gasteiger partial charge in [0.15, 0.2) is 5.84 Å². The molecule has 5 rings (SSSR count). The lowest BCUT2D eigenvalue weighted by Gasteiger charge is -2.42. The summed E-state index contributed by atoms with van der Waals surface area (Å²) in [4.78, 5) is 8.40. The molecule has 3 aliphatic rings.